The Balaban J connectivity index is 1.88. The van der Waals surface area contributed by atoms with E-state index < -0.39 is 0 Å². The van der Waals surface area contributed by atoms with Gasteiger partial charge in [0, 0.05) is 19.0 Å². The van der Waals surface area contributed by atoms with Crippen LogP contribution in [-0.4, -0.2) is 25.0 Å². The Morgan fingerprint density at radius 3 is 2.53 bits per heavy atom. The SMILES string of the molecule is CCCCCCCCCCNC1CCCNC(=O)C1. The maximum Gasteiger partial charge on any atom is 0.221 e. The molecule has 112 valence electrons. The summed E-state index contributed by atoms with van der Waals surface area (Å²) in [4.78, 5) is 11.4. The Morgan fingerprint density at radius 2 is 1.79 bits per heavy atom. The van der Waals surface area contributed by atoms with Crippen molar-refractivity contribution in [2.75, 3.05) is 13.1 Å². The Morgan fingerprint density at radius 1 is 1.11 bits per heavy atom. The van der Waals surface area contributed by atoms with Gasteiger partial charge in [-0.1, -0.05) is 51.9 Å². The second kappa shape index (κ2) is 11.3. The minimum Gasteiger partial charge on any atom is -0.356 e. The van der Waals surface area contributed by atoms with Crippen molar-refractivity contribution in [1.29, 1.82) is 0 Å². The van der Waals surface area contributed by atoms with Gasteiger partial charge in [-0.2, -0.15) is 0 Å². The number of amides is 1. The van der Waals surface area contributed by atoms with Crippen LogP contribution in [0, 0.1) is 0 Å². The van der Waals surface area contributed by atoms with Gasteiger partial charge in [0.2, 0.25) is 5.91 Å². The third kappa shape index (κ3) is 9.04. The molecule has 1 unspecified atom stereocenters. The van der Waals surface area contributed by atoms with E-state index in [-0.39, 0.29) is 5.91 Å². The van der Waals surface area contributed by atoms with E-state index in [1.807, 2.05) is 0 Å². The van der Waals surface area contributed by atoms with Crippen molar-refractivity contribution >= 4 is 5.91 Å². The summed E-state index contributed by atoms with van der Waals surface area (Å²) in [5.41, 5.74) is 0. The molecule has 1 fully saturated rings. The van der Waals surface area contributed by atoms with Crippen LogP contribution in [0.3, 0.4) is 0 Å². The smallest absolute Gasteiger partial charge is 0.221 e. The lowest BCUT2D eigenvalue weighted by Gasteiger charge is -2.14. The van der Waals surface area contributed by atoms with E-state index in [2.05, 4.69) is 17.6 Å². The van der Waals surface area contributed by atoms with E-state index >= 15 is 0 Å². The van der Waals surface area contributed by atoms with Gasteiger partial charge >= 0.3 is 0 Å². The Labute approximate surface area is 118 Å². The monoisotopic (exact) mass is 268 g/mol. The lowest BCUT2D eigenvalue weighted by molar-refractivity contribution is -0.121. The molecule has 0 aliphatic carbocycles. The average Bonchev–Trinajstić information content (AvgIpc) is 2.61. The van der Waals surface area contributed by atoms with Crippen molar-refractivity contribution in [3.63, 3.8) is 0 Å². The summed E-state index contributed by atoms with van der Waals surface area (Å²) in [5, 5.41) is 6.47. The summed E-state index contributed by atoms with van der Waals surface area (Å²) < 4.78 is 0. The predicted molar refractivity (Wildman–Crippen MR) is 81.3 cm³/mol. The highest BCUT2D eigenvalue weighted by Crippen LogP contribution is 2.09. The van der Waals surface area contributed by atoms with Crippen molar-refractivity contribution in [3.8, 4) is 0 Å². The lowest BCUT2D eigenvalue weighted by Crippen LogP contribution is -2.33. The molecule has 0 spiro atoms. The summed E-state index contributed by atoms with van der Waals surface area (Å²) in [6, 6.07) is 0.409. The second-order valence-corrected chi connectivity index (χ2v) is 5.82. The van der Waals surface area contributed by atoms with E-state index in [0.717, 1.165) is 25.9 Å². The lowest BCUT2D eigenvalue weighted by atomic mass is 10.1. The minimum atomic E-state index is 0.214. The van der Waals surface area contributed by atoms with Crippen molar-refractivity contribution in [2.45, 2.75) is 83.6 Å². The standard InChI is InChI=1S/C16H32N2O/c1-2-3-4-5-6-7-8-9-12-17-15-11-10-13-18-16(19)14-15/h15,17H,2-14H2,1H3,(H,18,19). The van der Waals surface area contributed by atoms with Crippen LogP contribution in [0.2, 0.25) is 0 Å². The van der Waals surface area contributed by atoms with Crippen LogP contribution in [0.4, 0.5) is 0 Å². The molecule has 1 heterocycles. The number of unbranched alkanes of at least 4 members (excludes halogenated alkanes) is 7. The van der Waals surface area contributed by atoms with Gasteiger partial charge in [0.25, 0.3) is 0 Å². The quantitative estimate of drug-likeness (QED) is 0.596. The Kier molecular flexibility index (Phi) is 9.78. The van der Waals surface area contributed by atoms with E-state index in [1.54, 1.807) is 0 Å². The fourth-order valence-electron chi connectivity index (χ4n) is 2.71. The summed E-state index contributed by atoms with van der Waals surface area (Å²) in [6.07, 6.45) is 13.8. The average molecular weight is 268 g/mol. The number of nitrogens with one attached hydrogen (secondary N) is 2. The normalized spacial score (nSPS) is 20.1. The fraction of sp³-hybridized carbons (Fsp3) is 0.938. The predicted octanol–water partition coefficient (Wildman–Crippen LogP) is 3.39. The zero-order chi connectivity index (χ0) is 13.8. The van der Waals surface area contributed by atoms with E-state index in [1.165, 1.54) is 51.4 Å². The molecule has 1 saturated heterocycles. The van der Waals surface area contributed by atoms with E-state index in [0.29, 0.717) is 12.5 Å². The van der Waals surface area contributed by atoms with Gasteiger partial charge in [-0.05, 0) is 25.8 Å². The maximum absolute atomic E-state index is 11.4. The largest absolute Gasteiger partial charge is 0.356 e. The molecule has 2 N–H and O–H groups in total. The minimum absolute atomic E-state index is 0.214. The summed E-state index contributed by atoms with van der Waals surface area (Å²) in [6.45, 7) is 4.20. The van der Waals surface area contributed by atoms with Gasteiger partial charge < -0.3 is 10.6 Å². The first-order chi connectivity index (χ1) is 9.33. The Bertz CT molecular complexity index is 231. The number of carbonyl (C=O) groups is 1. The molecule has 1 aliphatic heterocycles. The number of hydrogen-bond donors (Lipinski definition) is 2. The highest BCUT2D eigenvalue weighted by molar-refractivity contribution is 5.76. The van der Waals surface area contributed by atoms with Crippen LogP contribution in [0.5, 0.6) is 0 Å². The number of hydrogen-bond acceptors (Lipinski definition) is 2. The molecule has 3 heteroatoms. The first-order valence-corrected chi connectivity index (χ1v) is 8.33. The summed E-state index contributed by atoms with van der Waals surface area (Å²) in [7, 11) is 0. The van der Waals surface area contributed by atoms with Crippen molar-refractivity contribution in [2.24, 2.45) is 0 Å². The summed E-state index contributed by atoms with van der Waals surface area (Å²) in [5.74, 6) is 0.214. The molecule has 0 aromatic rings. The zero-order valence-corrected chi connectivity index (χ0v) is 12.7. The highest BCUT2D eigenvalue weighted by atomic mass is 16.1. The molecule has 0 aromatic heterocycles. The Hall–Kier alpha value is -0.570. The van der Waals surface area contributed by atoms with Crippen molar-refractivity contribution in [1.82, 2.24) is 10.6 Å². The third-order valence-electron chi connectivity index (χ3n) is 3.95. The van der Waals surface area contributed by atoms with Gasteiger partial charge in [0.1, 0.15) is 0 Å². The van der Waals surface area contributed by atoms with Crippen LogP contribution in [-0.2, 0) is 4.79 Å². The fourth-order valence-corrected chi connectivity index (χ4v) is 2.71. The van der Waals surface area contributed by atoms with Gasteiger partial charge in [-0.3, -0.25) is 4.79 Å². The van der Waals surface area contributed by atoms with Crippen LogP contribution in [0.1, 0.15) is 77.6 Å². The highest BCUT2D eigenvalue weighted by Gasteiger charge is 2.15. The van der Waals surface area contributed by atoms with Crippen molar-refractivity contribution < 1.29 is 4.79 Å². The molecule has 1 atom stereocenters. The molecule has 1 aliphatic rings. The van der Waals surface area contributed by atoms with Gasteiger partial charge in [-0.15, -0.1) is 0 Å². The molecular weight excluding hydrogens is 236 g/mol. The van der Waals surface area contributed by atoms with Crippen LogP contribution in [0.15, 0.2) is 0 Å². The molecule has 3 nitrogen and oxygen atoms in total. The van der Waals surface area contributed by atoms with Crippen LogP contribution >= 0.6 is 0 Å². The molecule has 1 rings (SSSR count). The first kappa shape index (κ1) is 16.5. The van der Waals surface area contributed by atoms with Gasteiger partial charge in [0.15, 0.2) is 0 Å². The molecule has 0 aromatic carbocycles. The first-order valence-electron chi connectivity index (χ1n) is 8.33. The summed E-state index contributed by atoms with van der Waals surface area (Å²) >= 11 is 0. The van der Waals surface area contributed by atoms with Gasteiger partial charge in [-0.25, -0.2) is 0 Å². The molecule has 0 saturated carbocycles. The topological polar surface area (TPSA) is 41.1 Å². The molecule has 1 amide bonds. The van der Waals surface area contributed by atoms with Crippen molar-refractivity contribution in [3.05, 3.63) is 0 Å². The molecule has 19 heavy (non-hydrogen) atoms. The zero-order valence-electron chi connectivity index (χ0n) is 12.7. The molecule has 0 radical (unpaired) electrons. The molecule has 0 bridgehead atoms. The van der Waals surface area contributed by atoms with Crippen LogP contribution in [0.25, 0.3) is 0 Å². The molecular formula is C16H32N2O. The second-order valence-electron chi connectivity index (χ2n) is 5.82. The van der Waals surface area contributed by atoms with Crippen LogP contribution < -0.4 is 10.6 Å². The van der Waals surface area contributed by atoms with E-state index in [9.17, 15) is 4.79 Å². The third-order valence-corrected chi connectivity index (χ3v) is 3.95. The number of rotatable bonds is 10. The number of carbonyl (C=O) groups excluding carboxylic acids is 1. The maximum atomic E-state index is 11.4. The van der Waals surface area contributed by atoms with Gasteiger partial charge in [0.05, 0.1) is 0 Å². The van der Waals surface area contributed by atoms with E-state index in [4.69, 9.17) is 0 Å².